The van der Waals surface area contributed by atoms with E-state index in [1.807, 2.05) is 51.0 Å². The van der Waals surface area contributed by atoms with E-state index in [-0.39, 0.29) is 18.2 Å². The van der Waals surface area contributed by atoms with Crippen LogP contribution in [0.3, 0.4) is 0 Å². The number of amides is 2. The highest BCUT2D eigenvalue weighted by atomic mass is 16.6. The molecule has 2 N–H and O–H groups in total. The van der Waals surface area contributed by atoms with Gasteiger partial charge in [-0.05, 0) is 38.5 Å². The Labute approximate surface area is 159 Å². The van der Waals surface area contributed by atoms with Gasteiger partial charge in [0.05, 0.1) is 43.2 Å². The number of anilines is 2. The van der Waals surface area contributed by atoms with E-state index in [1.165, 1.54) is 7.11 Å². The summed E-state index contributed by atoms with van der Waals surface area (Å²) in [6, 6.07) is 5.56. The molecule has 0 spiro atoms. The zero-order valence-electron chi connectivity index (χ0n) is 16.4. The zero-order chi connectivity index (χ0) is 19.7. The first-order chi connectivity index (χ1) is 12.8. The molecule has 148 valence electrons. The Morgan fingerprint density at radius 3 is 2.52 bits per heavy atom. The van der Waals surface area contributed by atoms with E-state index in [0.29, 0.717) is 17.9 Å². The van der Waals surface area contributed by atoms with Crippen molar-refractivity contribution in [2.75, 3.05) is 37.0 Å². The minimum atomic E-state index is -0.450. The number of hydrazine groups is 2. The number of carbonyl (C=O) groups excluding carboxylic acids is 2. The van der Waals surface area contributed by atoms with Gasteiger partial charge in [-0.1, -0.05) is 6.07 Å². The Morgan fingerprint density at radius 2 is 1.93 bits per heavy atom. The average Bonchev–Trinajstić information content (AvgIpc) is 3.06. The molecule has 1 fully saturated rings. The number of ether oxygens (including phenoxy) is 2. The summed E-state index contributed by atoms with van der Waals surface area (Å²) in [5.74, 6) is 0. The maximum atomic E-state index is 12.7. The van der Waals surface area contributed by atoms with Gasteiger partial charge in [0.25, 0.3) is 0 Å². The highest BCUT2D eigenvalue weighted by Crippen LogP contribution is 2.38. The lowest BCUT2D eigenvalue weighted by Crippen LogP contribution is -2.52. The maximum absolute atomic E-state index is 12.7. The first kappa shape index (κ1) is 19.4. The van der Waals surface area contributed by atoms with Crippen LogP contribution in [-0.4, -0.2) is 56.6 Å². The number of nitrogens with zero attached hydrogens (tertiary/aromatic N) is 3. The highest BCUT2D eigenvalue weighted by molar-refractivity contribution is 6.00. The second-order valence-corrected chi connectivity index (χ2v) is 7.17. The molecule has 2 amide bonds. The molecule has 9 nitrogen and oxygen atoms in total. The first-order valence-corrected chi connectivity index (χ1v) is 9.03. The van der Waals surface area contributed by atoms with Gasteiger partial charge in [-0.2, -0.15) is 5.53 Å². The van der Waals surface area contributed by atoms with Crippen LogP contribution in [0.2, 0.25) is 0 Å². The molecule has 0 aliphatic carbocycles. The van der Waals surface area contributed by atoms with Crippen molar-refractivity contribution in [3.63, 3.8) is 0 Å². The average molecular weight is 377 g/mol. The van der Waals surface area contributed by atoms with Crippen molar-refractivity contribution < 1.29 is 19.1 Å². The summed E-state index contributed by atoms with van der Waals surface area (Å²) in [5, 5.41) is 1.94. The number of hydrogen-bond acceptors (Lipinski definition) is 7. The van der Waals surface area contributed by atoms with Crippen molar-refractivity contribution in [1.29, 1.82) is 0 Å². The molecule has 0 aromatic heterocycles. The predicted octanol–water partition coefficient (Wildman–Crippen LogP) is 2.01. The molecule has 2 heterocycles. The van der Waals surface area contributed by atoms with Crippen LogP contribution in [0.5, 0.6) is 0 Å². The summed E-state index contributed by atoms with van der Waals surface area (Å²) in [7, 11) is 3.30. The fourth-order valence-corrected chi connectivity index (χ4v) is 3.42. The number of hydrogen-bond donors (Lipinski definition) is 2. The summed E-state index contributed by atoms with van der Waals surface area (Å²) in [6.45, 7) is 6.60. The fourth-order valence-electron chi connectivity index (χ4n) is 3.42. The van der Waals surface area contributed by atoms with Gasteiger partial charge < -0.3 is 9.47 Å². The van der Waals surface area contributed by atoms with Gasteiger partial charge in [0.1, 0.15) is 0 Å². The predicted molar refractivity (Wildman–Crippen MR) is 101 cm³/mol. The number of fused-ring (bicyclic) bond motifs is 1. The lowest BCUT2D eigenvalue weighted by atomic mass is 10.0. The molecule has 9 heteroatoms. The Bertz CT molecular complexity index is 726. The van der Waals surface area contributed by atoms with Crippen molar-refractivity contribution in [2.45, 2.75) is 39.0 Å². The van der Waals surface area contributed by atoms with Gasteiger partial charge in [-0.15, -0.1) is 0 Å². The second-order valence-electron chi connectivity index (χ2n) is 7.17. The monoisotopic (exact) mass is 377 g/mol. The Hall–Kier alpha value is -2.36. The van der Waals surface area contributed by atoms with Gasteiger partial charge in [-0.25, -0.2) is 20.0 Å². The van der Waals surface area contributed by atoms with Gasteiger partial charge >= 0.3 is 12.2 Å². The molecule has 2 aliphatic heterocycles. The Morgan fingerprint density at radius 1 is 1.19 bits per heavy atom. The first-order valence-electron chi connectivity index (χ1n) is 9.03. The molecule has 1 aromatic rings. The van der Waals surface area contributed by atoms with Crippen molar-refractivity contribution in [3.8, 4) is 0 Å². The Balaban J connectivity index is 2.02. The SMILES string of the molecule is COC(=O)N1c2ccc(C3CN(C)NN3)cc2N(C(=O)OC(C)C)CC1C. The summed E-state index contributed by atoms with van der Waals surface area (Å²) < 4.78 is 10.4. The van der Waals surface area contributed by atoms with E-state index in [2.05, 4.69) is 11.0 Å². The molecule has 1 saturated heterocycles. The molecular weight excluding hydrogens is 350 g/mol. The highest BCUT2D eigenvalue weighted by Gasteiger charge is 2.37. The zero-order valence-corrected chi connectivity index (χ0v) is 16.4. The topological polar surface area (TPSA) is 86.4 Å². The summed E-state index contributed by atoms with van der Waals surface area (Å²) in [6.07, 6.45) is -1.10. The van der Waals surface area contributed by atoms with Crippen LogP contribution in [0.15, 0.2) is 18.2 Å². The molecule has 0 bridgehead atoms. The molecule has 27 heavy (non-hydrogen) atoms. The standard InChI is InChI=1S/C18H27N5O4/c1-11(2)27-17(24)22-9-12(3)23(18(25)26-5)15-7-6-13(8-16(15)22)14-10-21(4)20-19-14/h6-8,11-12,14,19-20H,9-10H2,1-5H3. The molecule has 2 aliphatic rings. The minimum absolute atomic E-state index is 0.0641. The van der Waals surface area contributed by atoms with Crippen LogP contribution in [-0.2, 0) is 9.47 Å². The van der Waals surface area contributed by atoms with Crippen LogP contribution in [0.4, 0.5) is 21.0 Å². The van der Waals surface area contributed by atoms with E-state index in [9.17, 15) is 9.59 Å². The third-order valence-corrected chi connectivity index (χ3v) is 4.65. The van der Waals surface area contributed by atoms with Crippen molar-refractivity contribution in [2.24, 2.45) is 0 Å². The van der Waals surface area contributed by atoms with E-state index >= 15 is 0 Å². The minimum Gasteiger partial charge on any atom is -0.452 e. The van der Waals surface area contributed by atoms with Gasteiger partial charge in [0.15, 0.2) is 0 Å². The van der Waals surface area contributed by atoms with Crippen molar-refractivity contribution in [3.05, 3.63) is 23.8 Å². The van der Waals surface area contributed by atoms with Crippen LogP contribution in [0, 0.1) is 0 Å². The number of carbonyl (C=O) groups is 2. The maximum Gasteiger partial charge on any atom is 0.414 e. The van der Waals surface area contributed by atoms with E-state index < -0.39 is 12.2 Å². The number of likely N-dealkylation sites (N-methyl/N-ethyl adjacent to an activating group) is 1. The van der Waals surface area contributed by atoms with Crippen LogP contribution < -0.4 is 20.8 Å². The normalized spacial score (nSPS) is 22.7. The summed E-state index contributed by atoms with van der Waals surface area (Å²) >= 11 is 0. The lowest BCUT2D eigenvalue weighted by molar-refractivity contribution is 0.121. The molecule has 0 radical (unpaired) electrons. The second kappa shape index (κ2) is 7.71. The third-order valence-electron chi connectivity index (χ3n) is 4.65. The van der Waals surface area contributed by atoms with Crippen LogP contribution in [0.25, 0.3) is 0 Å². The number of nitrogens with one attached hydrogen (secondary N) is 2. The van der Waals surface area contributed by atoms with E-state index in [0.717, 1.165) is 12.1 Å². The number of rotatable bonds is 2. The molecule has 2 unspecified atom stereocenters. The fraction of sp³-hybridized carbons (Fsp3) is 0.556. The van der Waals surface area contributed by atoms with Gasteiger partial charge in [0.2, 0.25) is 0 Å². The van der Waals surface area contributed by atoms with Crippen molar-refractivity contribution in [1.82, 2.24) is 16.0 Å². The number of benzene rings is 1. The largest absolute Gasteiger partial charge is 0.452 e. The van der Waals surface area contributed by atoms with Crippen LogP contribution in [0.1, 0.15) is 32.4 Å². The van der Waals surface area contributed by atoms with Gasteiger partial charge in [-0.3, -0.25) is 9.80 Å². The van der Waals surface area contributed by atoms with E-state index in [1.54, 1.807) is 9.80 Å². The Kier molecular flexibility index (Phi) is 5.54. The van der Waals surface area contributed by atoms with Crippen LogP contribution >= 0.6 is 0 Å². The molecule has 3 rings (SSSR count). The summed E-state index contributed by atoms with van der Waals surface area (Å²) in [5.41, 5.74) is 8.51. The molecule has 1 aromatic carbocycles. The summed E-state index contributed by atoms with van der Waals surface area (Å²) in [4.78, 5) is 28.2. The third kappa shape index (κ3) is 3.85. The quantitative estimate of drug-likeness (QED) is 0.815. The number of methoxy groups -OCH3 is 1. The van der Waals surface area contributed by atoms with E-state index in [4.69, 9.17) is 9.47 Å². The molecule has 0 saturated carbocycles. The molecular formula is C18H27N5O4. The van der Waals surface area contributed by atoms with Crippen molar-refractivity contribution >= 4 is 23.6 Å². The van der Waals surface area contributed by atoms with Gasteiger partial charge in [0, 0.05) is 13.6 Å². The lowest BCUT2D eigenvalue weighted by Gasteiger charge is -2.40. The molecule has 2 atom stereocenters. The smallest absolute Gasteiger partial charge is 0.414 e.